The first-order valence-electron chi connectivity index (χ1n) is 9.15. The normalized spacial score (nSPS) is 56.5. The number of carbonyl (C=O) groups is 1. The number of carbonyl (C=O) groups excluding carboxylic acids is 1. The van der Waals surface area contributed by atoms with Crippen molar-refractivity contribution in [3.63, 3.8) is 0 Å². The molecule has 2 nitrogen and oxygen atoms in total. The quantitative estimate of drug-likeness (QED) is 0.733. The highest BCUT2D eigenvalue weighted by Crippen LogP contribution is 2.65. The van der Waals surface area contributed by atoms with E-state index in [0.717, 1.165) is 31.6 Å². The van der Waals surface area contributed by atoms with Crippen molar-refractivity contribution >= 4 is 5.78 Å². The third kappa shape index (κ3) is 1.90. The van der Waals surface area contributed by atoms with Crippen LogP contribution in [-0.4, -0.2) is 17.0 Å². The van der Waals surface area contributed by atoms with Crippen LogP contribution in [0.25, 0.3) is 0 Å². The number of aliphatic hydroxyl groups is 1. The van der Waals surface area contributed by atoms with Crippen molar-refractivity contribution in [2.45, 2.75) is 77.7 Å². The summed E-state index contributed by atoms with van der Waals surface area (Å²) in [6.07, 6.45) is 10.1. The molecule has 21 heavy (non-hydrogen) atoms. The van der Waals surface area contributed by atoms with Gasteiger partial charge in [0.05, 0.1) is 6.10 Å². The highest BCUT2D eigenvalue weighted by molar-refractivity contribution is 5.84. The third-order valence-electron chi connectivity index (χ3n) is 8.09. The number of rotatable bonds is 0. The first kappa shape index (κ1) is 14.2. The van der Waals surface area contributed by atoms with Crippen LogP contribution in [0.4, 0.5) is 0 Å². The molecule has 4 aliphatic rings. The van der Waals surface area contributed by atoms with Crippen LogP contribution in [0.1, 0.15) is 71.6 Å². The minimum absolute atomic E-state index is 0.116. The molecule has 0 aliphatic heterocycles. The van der Waals surface area contributed by atoms with E-state index >= 15 is 0 Å². The van der Waals surface area contributed by atoms with E-state index in [1.54, 1.807) is 0 Å². The van der Waals surface area contributed by atoms with Gasteiger partial charge in [0.2, 0.25) is 0 Å². The number of ketones is 1. The van der Waals surface area contributed by atoms with Gasteiger partial charge >= 0.3 is 0 Å². The molecule has 118 valence electrons. The van der Waals surface area contributed by atoms with Gasteiger partial charge < -0.3 is 5.11 Å². The van der Waals surface area contributed by atoms with E-state index < -0.39 is 0 Å². The highest BCUT2D eigenvalue weighted by atomic mass is 16.3. The summed E-state index contributed by atoms with van der Waals surface area (Å²) in [6, 6.07) is 0. The van der Waals surface area contributed by atoms with Crippen molar-refractivity contribution in [1.82, 2.24) is 0 Å². The largest absolute Gasteiger partial charge is 0.393 e. The number of hydrogen-bond acceptors (Lipinski definition) is 2. The molecule has 0 aromatic heterocycles. The van der Waals surface area contributed by atoms with E-state index in [1.165, 1.54) is 32.1 Å². The van der Waals surface area contributed by atoms with Crippen molar-refractivity contribution in [3.8, 4) is 0 Å². The van der Waals surface area contributed by atoms with Crippen molar-refractivity contribution in [2.24, 2.45) is 34.5 Å². The first-order chi connectivity index (χ1) is 9.94. The predicted molar refractivity (Wildman–Crippen MR) is 82.7 cm³/mol. The summed E-state index contributed by atoms with van der Waals surface area (Å²) < 4.78 is 0. The van der Waals surface area contributed by atoms with Gasteiger partial charge in [0.15, 0.2) is 0 Å². The average Bonchev–Trinajstić information content (AvgIpc) is 2.80. The van der Waals surface area contributed by atoms with Gasteiger partial charge in [-0.3, -0.25) is 4.79 Å². The van der Waals surface area contributed by atoms with Gasteiger partial charge in [0.25, 0.3) is 0 Å². The molecule has 1 N–H and O–H groups in total. The lowest BCUT2D eigenvalue weighted by Gasteiger charge is -2.59. The van der Waals surface area contributed by atoms with E-state index in [-0.39, 0.29) is 11.5 Å². The number of Topliss-reactive ketones (excluding diaryl/α,β-unsaturated/α-hetero) is 1. The Kier molecular flexibility index (Phi) is 3.10. The molecule has 4 rings (SSSR count). The van der Waals surface area contributed by atoms with Gasteiger partial charge in [-0.2, -0.15) is 0 Å². The van der Waals surface area contributed by atoms with Crippen molar-refractivity contribution in [1.29, 1.82) is 0 Å². The Morgan fingerprint density at radius 3 is 2.71 bits per heavy atom. The maximum Gasteiger partial charge on any atom is 0.137 e. The fourth-order valence-electron chi connectivity index (χ4n) is 7.06. The van der Waals surface area contributed by atoms with E-state index in [2.05, 4.69) is 13.8 Å². The molecule has 0 aromatic rings. The van der Waals surface area contributed by atoms with Gasteiger partial charge in [-0.05, 0) is 73.5 Å². The molecule has 4 fully saturated rings. The van der Waals surface area contributed by atoms with Crippen LogP contribution >= 0.6 is 0 Å². The Morgan fingerprint density at radius 1 is 1.10 bits per heavy atom. The van der Waals surface area contributed by atoms with Crippen LogP contribution in [-0.2, 0) is 4.79 Å². The summed E-state index contributed by atoms with van der Waals surface area (Å²) in [6.45, 7) is 4.77. The van der Waals surface area contributed by atoms with Crippen LogP contribution in [0.2, 0.25) is 0 Å². The molecule has 0 bridgehead atoms. The van der Waals surface area contributed by atoms with Gasteiger partial charge in [-0.15, -0.1) is 0 Å². The molecule has 0 aromatic carbocycles. The monoisotopic (exact) mass is 290 g/mol. The van der Waals surface area contributed by atoms with Crippen LogP contribution in [0.5, 0.6) is 0 Å². The molecule has 0 spiro atoms. The second-order valence-electron chi connectivity index (χ2n) is 9.15. The molecule has 0 amide bonds. The Hall–Kier alpha value is -0.370. The van der Waals surface area contributed by atoms with Gasteiger partial charge in [-0.1, -0.05) is 20.3 Å². The molecule has 0 radical (unpaired) electrons. The molecule has 7 atom stereocenters. The van der Waals surface area contributed by atoms with Crippen LogP contribution in [0.15, 0.2) is 0 Å². The maximum atomic E-state index is 13.1. The molecule has 2 heteroatoms. The Labute approximate surface area is 128 Å². The summed E-state index contributed by atoms with van der Waals surface area (Å²) in [4.78, 5) is 13.1. The van der Waals surface area contributed by atoms with Crippen molar-refractivity contribution in [2.75, 3.05) is 0 Å². The van der Waals surface area contributed by atoms with Gasteiger partial charge in [-0.25, -0.2) is 0 Å². The van der Waals surface area contributed by atoms with E-state index in [0.29, 0.717) is 29.0 Å². The van der Waals surface area contributed by atoms with Crippen LogP contribution in [0, 0.1) is 34.5 Å². The topological polar surface area (TPSA) is 37.3 Å². The molecule has 0 saturated heterocycles. The lowest BCUT2D eigenvalue weighted by Crippen LogP contribution is -2.56. The average molecular weight is 290 g/mol. The number of fused-ring (bicyclic) bond motifs is 5. The second kappa shape index (κ2) is 4.57. The zero-order valence-electron chi connectivity index (χ0n) is 13.6. The summed E-state index contributed by atoms with van der Waals surface area (Å²) in [5.41, 5.74) is 0.499. The molecule has 0 unspecified atom stereocenters. The van der Waals surface area contributed by atoms with Crippen LogP contribution in [0.3, 0.4) is 0 Å². The Bertz CT molecular complexity index is 458. The molecular weight excluding hydrogens is 260 g/mol. The zero-order chi connectivity index (χ0) is 14.8. The summed E-state index contributed by atoms with van der Waals surface area (Å²) in [5, 5.41) is 10.0. The highest BCUT2D eigenvalue weighted by Gasteiger charge is 2.60. The van der Waals surface area contributed by atoms with Crippen molar-refractivity contribution < 1.29 is 9.90 Å². The Balaban J connectivity index is 1.69. The van der Waals surface area contributed by atoms with E-state index in [4.69, 9.17) is 0 Å². The van der Waals surface area contributed by atoms with Gasteiger partial charge in [0.1, 0.15) is 5.78 Å². The lowest BCUT2D eigenvalue weighted by atomic mass is 9.45. The summed E-state index contributed by atoms with van der Waals surface area (Å²) in [5.74, 6) is 2.90. The second-order valence-corrected chi connectivity index (χ2v) is 9.15. The predicted octanol–water partition coefficient (Wildman–Crippen LogP) is 3.96. The molecule has 4 aliphatic carbocycles. The van der Waals surface area contributed by atoms with Crippen LogP contribution < -0.4 is 0 Å². The minimum Gasteiger partial charge on any atom is -0.393 e. The van der Waals surface area contributed by atoms with E-state index in [9.17, 15) is 9.90 Å². The number of aliphatic hydroxyl groups excluding tert-OH is 1. The molecular formula is C19H30O2. The molecule has 0 heterocycles. The fourth-order valence-corrected chi connectivity index (χ4v) is 7.06. The summed E-state index contributed by atoms with van der Waals surface area (Å²) >= 11 is 0. The fraction of sp³-hybridized carbons (Fsp3) is 0.947. The Morgan fingerprint density at radius 2 is 1.90 bits per heavy atom. The third-order valence-corrected chi connectivity index (χ3v) is 8.09. The van der Waals surface area contributed by atoms with E-state index in [1.807, 2.05) is 0 Å². The zero-order valence-corrected chi connectivity index (χ0v) is 13.6. The minimum atomic E-state index is -0.116. The smallest absolute Gasteiger partial charge is 0.137 e. The molecule has 4 saturated carbocycles. The van der Waals surface area contributed by atoms with Gasteiger partial charge in [0, 0.05) is 12.3 Å². The first-order valence-corrected chi connectivity index (χ1v) is 9.15. The SMILES string of the molecule is C[C@]12CCC[C@@H]1[C@@H]1CC[C@@H]3C[C@H](O)CC[C@@]3(C)[C@@H]1C(=O)C2. The maximum absolute atomic E-state index is 13.1. The summed E-state index contributed by atoms with van der Waals surface area (Å²) in [7, 11) is 0. The lowest BCUT2D eigenvalue weighted by molar-refractivity contribution is -0.159. The standard InChI is InChI=1S/C19H30O2/c1-18-8-3-4-15(18)14-6-5-12-10-13(20)7-9-19(12,2)17(14)16(21)11-18/h12-15,17,20H,3-11H2,1-2H3/t12-,13-,14+,15-,17+,18-,19-/m1/s1. The number of hydrogen-bond donors (Lipinski definition) is 1. The van der Waals surface area contributed by atoms with Crippen molar-refractivity contribution in [3.05, 3.63) is 0 Å².